The average Bonchev–Trinajstić information content (AvgIpc) is 2.46. The van der Waals surface area contributed by atoms with Crippen LogP contribution in [0.4, 0.5) is 0 Å². The Morgan fingerprint density at radius 3 is 2.90 bits per heavy atom. The topological polar surface area (TPSA) is 47.9 Å². The van der Waals surface area contributed by atoms with Crippen LogP contribution in [0.15, 0.2) is 42.6 Å². The van der Waals surface area contributed by atoms with Crippen molar-refractivity contribution in [3.63, 3.8) is 0 Å². The van der Waals surface area contributed by atoms with E-state index in [9.17, 15) is 0 Å². The first kappa shape index (κ1) is 13.0. The number of nitrogens with zero attached hydrogens (tertiary/aromatic N) is 3. The summed E-state index contributed by atoms with van der Waals surface area (Å²) in [5.74, 6) is 0.566. The maximum absolute atomic E-state index is 6.03. The highest BCUT2D eigenvalue weighted by atomic mass is 35.5. The summed E-state index contributed by atoms with van der Waals surface area (Å²) in [6, 6.07) is 11.7. The Bertz CT molecular complexity index is 761. The molecule has 0 radical (unpaired) electrons. The van der Waals surface area contributed by atoms with E-state index in [0.717, 1.165) is 22.2 Å². The first-order chi connectivity index (χ1) is 9.76. The molecule has 0 fully saturated rings. The second kappa shape index (κ2) is 5.53. The van der Waals surface area contributed by atoms with E-state index in [-0.39, 0.29) is 0 Å². The van der Waals surface area contributed by atoms with E-state index in [1.807, 2.05) is 30.3 Å². The number of fused-ring (bicyclic) bond motifs is 1. The number of rotatable bonds is 3. The van der Waals surface area contributed by atoms with Crippen LogP contribution in [-0.2, 0) is 11.3 Å². The molecular weight excluding hydrogens is 274 g/mol. The molecule has 2 heterocycles. The van der Waals surface area contributed by atoms with Crippen molar-refractivity contribution in [3.05, 3.63) is 53.6 Å². The molecule has 0 amide bonds. The van der Waals surface area contributed by atoms with Crippen LogP contribution in [0.1, 0.15) is 5.82 Å². The van der Waals surface area contributed by atoms with E-state index in [1.54, 1.807) is 19.4 Å². The van der Waals surface area contributed by atoms with Gasteiger partial charge in [0.05, 0.1) is 11.2 Å². The highest BCUT2D eigenvalue weighted by Crippen LogP contribution is 2.23. The van der Waals surface area contributed by atoms with Crippen molar-refractivity contribution in [1.82, 2.24) is 15.0 Å². The molecule has 1 aromatic carbocycles. The first-order valence-electron chi connectivity index (χ1n) is 6.14. The van der Waals surface area contributed by atoms with Crippen molar-refractivity contribution in [1.29, 1.82) is 0 Å². The zero-order valence-corrected chi connectivity index (χ0v) is 11.6. The molecule has 0 unspecified atom stereocenters. The molecule has 3 rings (SSSR count). The van der Waals surface area contributed by atoms with Gasteiger partial charge in [-0.15, -0.1) is 0 Å². The third-order valence-electron chi connectivity index (χ3n) is 2.92. The molecule has 5 heteroatoms. The van der Waals surface area contributed by atoms with E-state index in [4.69, 9.17) is 16.3 Å². The van der Waals surface area contributed by atoms with Gasteiger partial charge in [-0.05, 0) is 12.1 Å². The third kappa shape index (κ3) is 2.61. The monoisotopic (exact) mass is 285 g/mol. The molecule has 0 bridgehead atoms. The van der Waals surface area contributed by atoms with E-state index < -0.39 is 0 Å². The van der Waals surface area contributed by atoms with Gasteiger partial charge in [0.1, 0.15) is 11.8 Å². The molecule has 20 heavy (non-hydrogen) atoms. The molecule has 3 aromatic rings. The zero-order chi connectivity index (χ0) is 13.9. The Morgan fingerprint density at radius 2 is 2.05 bits per heavy atom. The molecule has 4 nitrogen and oxygen atoms in total. The number of hydrogen-bond acceptors (Lipinski definition) is 4. The maximum atomic E-state index is 6.03. The maximum Gasteiger partial charge on any atom is 0.156 e. The Labute approximate surface area is 121 Å². The van der Waals surface area contributed by atoms with Gasteiger partial charge < -0.3 is 4.74 Å². The smallest absolute Gasteiger partial charge is 0.156 e. The minimum atomic E-state index is 0.333. The Kier molecular flexibility index (Phi) is 3.58. The summed E-state index contributed by atoms with van der Waals surface area (Å²) < 4.78 is 5.05. The molecular formula is C15H12ClN3O. The molecule has 0 saturated heterocycles. The van der Waals surface area contributed by atoms with Crippen molar-refractivity contribution in [3.8, 4) is 11.3 Å². The molecule has 100 valence electrons. The van der Waals surface area contributed by atoms with Crippen LogP contribution in [-0.4, -0.2) is 22.1 Å². The standard InChI is InChI=1S/C15H12ClN3O/c1-20-9-15-18-13(8-14(16)19-15)11-5-4-10-3-2-6-17-12(10)7-11/h2-8H,9H2,1H3. The van der Waals surface area contributed by atoms with Crippen LogP contribution >= 0.6 is 11.6 Å². The van der Waals surface area contributed by atoms with Gasteiger partial charge in [0, 0.05) is 30.3 Å². The van der Waals surface area contributed by atoms with Crippen molar-refractivity contribution in [2.75, 3.05) is 7.11 Å². The van der Waals surface area contributed by atoms with Crippen LogP contribution in [0.3, 0.4) is 0 Å². The Hall–Kier alpha value is -2.04. The third-order valence-corrected chi connectivity index (χ3v) is 3.11. The number of ether oxygens (including phenoxy) is 1. The summed E-state index contributed by atoms with van der Waals surface area (Å²) in [7, 11) is 1.60. The summed E-state index contributed by atoms with van der Waals surface area (Å²) >= 11 is 6.03. The van der Waals surface area contributed by atoms with E-state index in [0.29, 0.717) is 17.6 Å². The summed E-state index contributed by atoms with van der Waals surface area (Å²) in [5, 5.41) is 1.50. The van der Waals surface area contributed by atoms with Crippen molar-refractivity contribution >= 4 is 22.5 Å². The molecule has 0 aliphatic heterocycles. The van der Waals surface area contributed by atoms with Crippen LogP contribution in [0, 0.1) is 0 Å². The normalized spacial score (nSPS) is 10.9. The summed E-state index contributed by atoms with van der Waals surface area (Å²) in [5.41, 5.74) is 2.65. The second-order valence-electron chi connectivity index (χ2n) is 4.34. The van der Waals surface area contributed by atoms with E-state index in [1.165, 1.54) is 0 Å². The average molecular weight is 286 g/mol. The van der Waals surface area contributed by atoms with Gasteiger partial charge in [-0.2, -0.15) is 0 Å². The largest absolute Gasteiger partial charge is 0.377 e. The van der Waals surface area contributed by atoms with Gasteiger partial charge in [-0.1, -0.05) is 29.8 Å². The SMILES string of the molecule is COCc1nc(Cl)cc(-c2ccc3cccnc3c2)n1. The van der Waals surface area contributed by atoms with Gasteiger partial charge in [-0.25, -0.2) is 9.97 Å². The fraction of sp³-hybridized carbons (Fsp3) is 0.133. The van der Waals surface area contributed by atoms with Crippen LogP contribution in [0.25, 0.3) is 22.2 Å². The molecule has 0 saturated carbocycles. The van der Waals surface area contributed by atoms with Gasteiger partial charge in [0.15, 0.2) is 5.82 Å². The quantitative estimate of drug-likeness (QED) is 0.691. The van der Waals surface area contributed by atoms with E-state index >= 15 is 0 Å². The summed E-state index contributed by atoms with van der Waals surface area (Å²) in [6.07, 6.45) is 1.77. The lowest BCUT2D eigenvalue weighted by atomic mass is 10.1. The lowest BCUT2D eigenvalue weighted by Gasteiger charge is -2.06. The lowest BCUT2D eigenvalue weighted by Crippen LogP contribution is -1.98. The number of pyridine rings is 1. The van der Waals surface area contributed by atoms with Gasteiger partial charge in [0.2, 0.25) is 0 Å². The van der Waals surface area contributed by atoms with Gasteiger partial charge in [0.25, 0.3) is 0 Å². The summed E-state index contributed by atoms with van der Waals surface area (Å²) in [4.78, 5) is 12.9. The zero-order valence-electron chi connectivity index (χ0n) is 10.9. The highest BCUT2D eigenvalue weighted by Gasteiger charge is 2.06. The van der Waals surface area contributed by atoms with Crippen LogP contribution in [0.5, 0.6) is 0 Å². The number of benzene rings is 1. The van der Waals surface area contributed by atoms with Crippen molar-refractivity contribution in [2.45, 2.75) is 6.61 Å². The lowest BCUT2D eigenvalue weighted by molar-refractivity contribution is 0.178. The number of methoxy groups -OCH3 is 1. The van der Waals surface area contributed by atoms with Crippen LogP contribution < -0.4 is 0 Å². The summed E-state index contributed by atoms with van der Waals surface area (Å²) in [6.45, 7) is 0.333. The molecule has 0 spiro atoms. The predicted molar refractivity (Wildman–Crippen MR) is 78.5 cm³/mol. The molecule has 0 N–H and O–H groups in total. The fourth-order valence-corrected chi connectivity index (χ4v) is 2.23. The van der Waals surface area contributed by atoms with Gasteiger partial charge >= 0.3 is 0 Å². The number of halogens is 1. The second-order valence-corrected chi connectivity index (χ2v) is 4.72. The number of aromatic nitrogens is 3. The minimum Gasteiger partial charge on any atom is -0.377 e. The fourth-order valence-electron chi connectivity index (χ4n) is 2.03. The Morgan fingerprint density at radius 1 is 1.15 bits per heavy atom. The molecule has 0 atom stereocenters. The van der Waals surface area contributed by atoms with E-state index in [2.05, 4.69) is 15.0 Å². The predicted octanol–water partition coefficient (Wildman–Crippen LogP) is 3.49. The van der Waals surface area contributed by atoms with Gasteiger partial charge in [-0.3, -0.25) is 4.98 Å². The Balaban J connectivity index is 2.10. The molecule has 0 aliphatic carbocycles. The first-order valence-corrected chi connectivity index (χ1v) is 6.51. The van der Waals surface area contributed by atoms with Crippen molar-refractivity contribution < 1.29 is 4.74 Å². The number of hydrogen-bond donors (Lipinski definition) is 0. The molecule has 2 aromatic heterocycles. The van der Waals surface area contributed by atoms with Crippen LogP contribution in [0.2, 0.25) is 5.15 Å². The minimum absolute atomic E-state index is 0.333. The molecule has 0 aliphatic rings. The van der Waals surface area contributed by atoms with Crippen molar-refractivity contribution in [2.24, 2.45) is 0 Å². The highest BCUT2D eigenvalue weighted by molar-refractivity contribution is 6.29.